The molecule has 0 unspecified atom stereocenters. The van der Waals surface area contributed by atoms with E-state index in [0.717, 1.165) is 9.21 Å². The van der Waals surface area contributed by atoms with Gasteiger partial charge in [-0.3, -0.25) is 9.36 Å². The number of hydrogen-bond donors (Lipinski definition) is 1. The van der Waals surface area contributed by atoms with Gasteiger partial charge in [0.1, 0.15) is 0 Å². The zero-order valence-corrected chi connectivity index (χ0v) is 12.0. The minimum Gasteiger partial charge on any atom is -0.310 e. The van der Waals surface area contributed by atoms with Crippen LogP contribution in [0.25, 0.3) is 0 Å². The molecule has 0 fully saturated rings. The Labute approximate surface area is 119 Å². The van der Waals surface area contributed by atoms with Gasteiger partial charge in [-0.1, -0.05) is 11.6 Å². The van der Waals surface area contributed by atoms with Crippen molar-refractivity contribution in [3.8, 4) is 0 Å². The highest BCUT2D eigenvalue weighted by Gasteiger charge is 2.02. The molecule has 102 valence electrons. The Bertz CT molecular complexity index is 674. The average molecular weight is 300 g/mol. The fraction of sp³-hybridized carbons (Fsp3) is 0.333. The maximum Gasteiger partial charge on any atom is 0.330 e. The SMILES string of the molecule is Cn1ccc(=O)n(CCNCc2ccc(Cl)s2)c1=O. The van der Waals surface area contributed by atoms with Gasteiger partial charge in [0.25, 0.3) is 5.56 Å². The molecule has 7 heteroatoms. The number of thiophene rings is 1. The topological polar surface area (TPSA) is 56.0 Å². The highest BCUT2D eigenvalue weighted by atomic mass is 35.5. The first-order valence-corrected chi connectivity index (χ1v) is 6.99. The van der Waals surface area contributed by atoms with Crippen molar-refractivity contribution >= 4 is 22.9 Å². The van der Waals surface area contributed by atoms with E-state index in [1.165, 1.54) is 32.7 Å². The van der Waals surface area contributed by atoms with E-state index < -0.39 is 0 Å². The van der Waals surface area contributed by atoms with Crippen LogP contribution in [0.1, 0.15) is 4.88 Å². The lowest BCUT2D eigenvalue weighted by Crippen LogP contribution is -2.40. The molecule has 0 amide bonds. The van der Waals surface area contributed by atoms with E-state index in [1.54, 1.807) is 7.05 Å². The highest BCUT2D eigenvalue weighted by molar-refractivity contribution is 7.16. The van der Waals surface area contributed by atoms with Crippen molar-refractivity contribution in [1.29, 1.82) is 0 Å². The third-order valence-corrected chi connectivity index (χ3v) is 3.91. The number of rotatable bonds is 5. The van der Waals surface area contributed by atoms with Crippen molar-refractivity contribution in [2.45, 2.75) is 13.1 Å². The van der Waals surface area contributed by atoms with Gasteiger partial charge in [0.2, 0.25) is 0 Å². The molecule has 2 heterocycles. The maximum absolute atomic E-state index is 11.7. The van der Waals surface area contributed by atoms with Gasteiger partial charge in [0.05, 0.1) is 4.34 Å². The molecule has 0 saturated heterocycles. The van der Waals surface area contributed by atoms with Crippen molar-refractivity contribution in [1.82, 2.24) is 14.5 Å². The number of aryl methyl sites for hydroxylation is 1. The molecular formula is C12H14ClN3O2S. The summed E-state index contributed by atoms with van der Waals surface area (Å²) in [6.45, 7) is 1.58. The Hall–Kier alpha value is -1.37. The summed E-state index contributed by atoms with van der Waals surface area (Å²) in [4.78, 5) is 24.4. The van der Waals surface area contributed by atoms with Crippen LogP contribution >= 0.6 is 22.9 Å². The Morgan fingerprint density at radius 2 is 2.11 bits per heavy atom. The van der Waals surface area contributed by atoms with Crippen LogP contribution in [-0.2, 0) is 20.1 Å². The summed E-state index contributed by atoms with van der Waals surface area (Å²) in [6, 6.07) is 5.19. The van der Waals surface area contributed by atoms with E-state index in [1.807, 2.05) is 12.1 Å². The summed E-state index contributed by atoms with van der Waals surface area (Å²) in [5, 5.41) is 3.18. The van der Waals surface area contributed by atoms with E-state index in [9.17, 15) is 9.59 Å². The first-order valence-electron chi connectivity index (χ1n) is 5.79. The van der Waals surface area contributed by atoms with Gasteiger partial charge in [-0.25, -0.2) is 4.79 Å². The number of halogens is 1. The van der Waals surface area contributed by atoms with Gasteiger partial charge >= 0.3 is 5.69 Å². The minimum absolute atomic E-state index is 0.274. The van der Waals surface area contributed by atoms with Crippen molar-refractivity contribution in [2.24, 2.45) is 7.05 Å². The number of nitrogens with one attached hydrogen (secondary N) is 1. The van der Waals surface area contributed by atoms with Crippen molar-refractivity contribution < 1.29 is 0 Å². The lowest BCUT2D eigenvalue weighted by atomic mass is 10.4. The summed E-state index contributed by atoms with van der Waals surface area (Å²) in [7, 11) is 1.62. The van der Waals surface area contributed by atoms with E-state index in [-0.39, 0.29) is 11.2 Å². The molecule has 0 aromatic carbocycles. The molecule has 2 aromatic heterocycles. The van der Waals surface area contributed by atoms with Gasteiger partial charge < -0.3 is 9.88 Å². The Morgan fingerprint density at radius 1 is 1.32 bits per heavy atom. The van der Waals surface area contributed by atoms with Gasteiger partial charge in [0, 0.05) is 43.8 Å². The molecule has 0 spiro atoms. The number of hydrogen-bond acceptors (Lipinski definition) is 4. The Balaban J connectivity index is 1.91. The molecule has 2 rings (SSSR count). The monoisotopic (exact) mass is 299 g/mol. The third-order valence-electron chi connectivity index (χ3n) is 2.68. The van der Waals surface area contributed by atoms with Crippen LogP contribution in [0.15, 0.2) is 34.0 Å². The predicted octanol–water partition coefficient (Wildman–Crippen LogP) is 1.05. The summed E-state index contributed by atoms with van der Waals surface area (Å²) in [5.74, 6) is 0. The zero-order chi connectivity index (χ0) is 13.8. The van der Waals surface area contributed by atoms with Crippen molar-refractivity contribution in [3.05, 3.63) is 54.4 Å². The smallest absolute Gasteiger partial charge is 0.310 e. The second-order valence-electron chi connectivity index (χ2n) is 4.08. The average Bonchev–Trinajstić information content (AvgIpc) is 2.79. The Kier molecular flexibility index (Phi) is 4.57. The van der Waals surface area contributed by atoms with E-state index in [0.29, 0.717) is 19.6 Å². The van der Waals surface area contributed by atoms with Crippen LogP contribution in [0, 0.1) is 0 Å². The molecule has 0 bridgehead atoms. The minimum atomic E-state index is -0.298. The lowest BCUT2D eigenvalue weighted by Gasteiger charge is -2.07. The van der Waals surface area contributed by atoms with E-state index in [4.69, 9.17) is 11.6 Å². The van der Waals surface area contributed by atoms with Gasteiger partial charge in [-0.2, -0.15) is 0 Å². The van der Waals surface area contributed by atoms with Gasteiger partial charge in [0.15, 0.2) is 0 Å². The van der Waals surface area contributed by atoms with Crippen LogP contribution < -0.4 is 16.6 Å². The summed E-state index contributed by atoms with van der Waals surface area (Å²) < 4.78 is 3.36. The van der Waals surface area contributed by atoms with Gasteiger partial charge in [-0.05, 0) is 12.1 Å². The molecule has 1 N–H and O–H groups in total. The second-order valence-corrected chi connectivity index (χ2v) is 5.88. The molecule has 0 aliphatic carbocycles. The highest BCUT2D eigenvalue weighted by Crippen LogP contribution is 2.20. The first kappa shape index (κ1) is 14.0. The van der Waals surface area contributed by atoms with Crippen LogP contribution in [0.3, 0.4) is 0 Å². The van der Waals surface area contributed by atoms with E-state index >= 15 is 0 Å². The Morgan fingerprint density at radius 3 is 2.79 bits per heavy atom. The molecule has 0 radical (unpaired) electrons. The summed E-state index contributed by atoms with van der Waals surface area (Å²) in [6.07, 6.45) is 1.47. The van der Waals surface area contributed by atoms with E-state index in [2.05, 4.69) is 5.32 Å². The summed E-state index contributed by atoms with van der Waals surface area (Å²) >= 11 is 7.34. The predicted molar refractivity (Wildman–Crippen MR) is 77.0 cm³/mol. The normalized spacial score (nSPS) is 10.8. The molecule has 0 aliphatic rings. The van der Waals surface area contributed by atoms with Crippen molar-refractivity contribution in [3.63, 3.8) is 0 Å². The van der Waals surface area contributed by atoms with Gasteiger partial charge in [-0.15, -0.1) is 11.3 Å². The third kappa shape index (κ3) is 3.56. The number of nitrogens with zero attached hydrogens (tertiary/aromatic N) is 2. The maximum atomic E-state index is 11.7. The number of aromatic nitrogens is 2. The fourth-order valence-electron chi connectivity index (χ4n) is 1.67. The molecule has 5 nitrogen and oxygen atoms in total. The lowest BCUT2D eigenvalue weighted by molar-refractivity contribution is 0.546. The van der Waals surface area contributed by atoms with Crippen LogP contribution in [-0.4, -0.2) is 15.7 Å². The quantitative estimate of drug-likeness (QED) is 0.840. The molecule has 2 aromatic rings. The molecule has 19 heavy (non-hydrogen) atoms. The standard InChI is InChI=1S/C12H14ClN3O2S/c1-15-6-4-11(17)16(12(15)18)7-5-14-8-9-2-3-10(13)19-9/h2-4,6,14H,5,7-8H2,1H3. The van der Waals surface area contributed by atoms with Crippen LogP contribution in [0.5, 0.6) is 0 Å². The summed E-state index contributed by atoms with van der Waals surface area (Å²) in [5.41, 5.74) is -0.572. The molecular weight excluding hydrogens is 286 g/mol. The molecule has 0 aliphatic heterocycles. The first-order chi connectivity index (χ1) is 9.08. The van der Waals surface area contributed by atoms with Crippen LogP contribution in [0.2, 0.25) is 4.34 Å². The fourth-order valence-corrected chi connectivity index (χ4v) is 2.73. The zero-order valence-electron chi connectivity index (χ0n) is 10.4. The molecule has 0 saturated carbocycles. The second kappa shape index (κ2) is 6.18. The molecule has 0 atom stereocenters. The van der Waals surface area contributed by atoms with Crippen LogP contribution in [0.4, 0.5) is 0 Å². The van der Waals surface area contributed by atoms with Crippen molar-refractivity contribution in [2.75, 3.05) is 6.54 Å². The largest absolute Gasteiger partial charge is 0.330 e.